The van der Waals surface area contributed by atoms with E-state index in [0.717, 1.165) is 6.54 Å². The molecule has 3 N–H and O–H groups in total. The molecule has 0 atom stereocenters. The summed E-state index contributed by atoms with van der Waals surface area (Å²) in [5.41, 5.74) is 0. The summed E-state index contributed by atoms with van der Waals surface area (Å²) in [7, 11) is 1.85. The number of nitrogens with one attached hydrogen (secondary N) is 3. The summed E-state index contributed by atoms with van der Waals surface area (Å²) >= 11 is 0. The van der Waals surface area contributed by atoms with Crippen LogP contribution in [0.2, 0.25) is 0 Å². The lowest BCUT2D eigenvalue weighted by Gasteiger charge is -2.09. The van der Waals surface area contributed by atoms with Gasteiger partial charge in [-0.2, -0.15) is 0 Å². The zero-order valence-corrected chi connectivity index (χ0v) is 7.40. The molecule has 4 heteroatoms. The van der Waals surface area contributed by atoms with Crippen molar-refractivity contribution in [1.29, 1.82) is 0 Å². The first-order valence-electron chi connectivity index (χ1n) is 3.85. The maximum Gasteiger partial charge on any atom is 0.315 e. The van der Waals surface area contributed by atoms with Gasteiger partial charge in [0.25, 0.3) is 0 Å². The molecule has 11 heavy (non-hydrogen) atoms. The van der Waals surface area contributed by atoms with E-state index in [1.807, 2.05) is 20.9 Å². The molecule has 0 unspecified atom stereocenters. The van der Waals surface area contributed by atoms with Gasteiger partial charge in [-0.05, 0) is 20.9 Å². The molecule has 0 bridgehead atoms. The molecule has 2 amide bonds. The minimum absolute atomic E-state index is 0.102. The smallest absolute Gasteiger partial charge is 0.315 e. The highest BCUT2D eigenvalue weighted by atomic mass is 16.2. The van der Waals surface area contributed by atoms with E-state index in [1.54, 1.807) is 0 Å². The molecule has 0 fully saturated rings. The maximum absolute atomic E-state index is 10.9. The van der Waals surface area contributed by atoms with Crippen molar-refractivity contribution in [2.45, 2.75) is 19.9 Å². The number of carbonyl (C=O) groups is 1. The van der Waals surface area contributed by atoms with Crippen LogP contribution in [0.15, 0.2) is 0 Å². The fraction of sp³-hybridized carbons (Fsp3) is 0.857. The highest BCUT2D eigenvalue weighted by Crippen LogP contribution is 1.74. The van der Waals surface area contributed by atoms with Crippen LogP contribution in [0.25, 0.3) is 0 Å². The third-order valence-electron chi connectivity index (χ3n) is 1.08. The van der Waals surface area contributed by atoms with Crippen molar-refractivity contribution in [3.63, 3.8) is 0 Å². The van der Waals surface area contributed by atoms with E-state index in [1.165, 1.54) is 0 Å². The van der Waals surface area contributed by atoms with Crippen molar-refractivity contribution in [2.75, 3.05) is 20.1 Å². The third-order valence-corrected chi connectivity index (χ3v) is 1.08. The van der Waals surface area contributed by atoms with E-state index in [4.69, 9.17) is 0 Å². The SMILES string of the molecule is CNCCNC(=O)NC(C)C. The van der Waals surface area contributed by atoms with Gasteiger partial charge in [-0.1, -0.05) is 0 Å². The van der Waals surface area contributed by atoms with Gasteiger partial charge in [0.15, 0.2) is 0 Å². The van der Waals surface area contributed by atoms with Crippen LogP contribution in [0.4, 0.5) is 4.79 Å². The van der Waals surface area contributed by atoms with Gasteiger partial charge in [0, 0.05) is 19.1 Å². The lowest BCUT2D eigenvalue weighted by molar-refractivity contribution is 0.238. The molecule has 0 rings (SSSR count). The van der Waals surface area contributed by atoms with Crippen LogP contribution in [0.1, 0.15) is 13.8 Å². The average Bonchev–Trinajstić information content (AvgIpc) is 1.86. The second kappa shape index (κ2) is 5.97. The van der Waals surface area contributed by atoms with Crippen LogP contribution in [0.3, 0.4) is 0 Å². The lowest BCUT2D eigenvalue weighted by atomic mass is 10.4. The fourth-order valence-corrected chi connectivity index (χ4v) is 0.614. The molecular weight excluding hydrogens is 142 g/mol. The van der Waals surface area contributed by atoms with E-state index < -0.39 is 0 Å². The quantitative estimate of drug-likeness (QED) is 0.502. The van der Waals surface area contributed by atoms with Gasteiger partial charge in [-0.15, -0.1) is 0 Å². The first-order chi connectivity index (χ1) is 5.16. The van der Waals surface area contributed by atoms with Gasteiger partial charge in [0.05, 0.1) is 0 Å². The van der Waals surface area contributed by atoms with Crippen molar-refractivity contribution in [2.24, 2.45) is 0 Å². The summed E-state index contributed by atoms with van der Waals surface area (Å²) in [6, 6.07) is 0.0971. The van der Waals surface area contributed by atoms with Crippen LogP contribution in [-0.2, 0) is 0 Å². The van der Waals surface area contributed by atoms with E-state index in [2.05, 4.69) is 16.0 Å². The molecule has 0 aliphatic rings. The Kier molecular flexibility index (Phi) is 5.56. The molecule has 0 saturated heterocycles. The number of hydrogen-bond acceptors (Lipinski definition) is 2. The van der Waals surface area contributed by atoms with Gasteiger partial charge < -0.3 is 16.0 Å². The van der Waals surface area contributed by atoms with Gasteiger partial charge >= 0.3 is 6.03 Å². The topological polar surface area (TPSA) is 53.2 Å². The lowest BCUT2D eigenvalue weighted by Crippen LogP contribution is -2.41. The van der Waals surface area contributed by atoms with Crippen LogP contribution >= 0.6 is 0 Å². The van der Waals surface area contributed by atoms with Crippen molar-refractivity contribution < 1.29 is 4.79 Å². The first-order valence-corrected chi connectivity index (χ1v) is 3.85. The zero-order chi connectivity index (χ0) is 8.69. The largest absolute Gasteiger partial charge is 0.337 e. The highest BCUT2D eigenvalue weighted by molar-refractivity contribution is 5.74. The van der Waals surface area contributed by atoms with Crippen molar-refractivity contribution in [1.82, 2.24) is 16.0 Å². The Morgan fingerprint density at radius 1 is 1.36 bits per heavy atom. The molecule has 66 valence electrons. The normalized spacial score (nSPS) is 9.82. The Balaban J connectivity index is 3.23. The van der Waals surface area contributed by atoms with Gasteiger partial charge in [0.2, 0.25) is 0 Å². The van der Waals surface area contributed by atoms with Gasteiger partial charge in [-0.25, -0.2) is 4.79 Å². The third kappa shape index (κ3) is 7.12. The second-order valence-corrected chi connectivity index (χ2v) is 2.66. The van der Waals surface area contributed by atoms with Crippen LogP contribution in [-0.4, -0.2) is 32.2 Å². The van der Waals surface area contributed by atoms with Crippen molar-refractivity contribution in [3.8, 4) is 0 Å². The van der Waals surface area contributed by atoms with Crippen molar-refractivity contribution >= 4 is 6.03 Å². The molecule has 0 aromatic heterocycles. The summed E-state index contributed by atoms with van der Waals surface area (Å²) in [5, 5.41) is 8.36. The number of rotatable bonds is 4. The molecule has 0 radical (unpaired) electrons. The summed E-state index contributed by atoms with van der Waals surface area (Å²) in [5.74, 6) is 0. The maximum atomic E-state index is 10.9. The average molecular weight is 159 g/mol. The van der Waals surface area contributed by atoms with E-state index in [0.29, 0.717) is 6.54 Å². The summed E-state index contributed by atoms with van der Waals surface area (Å²) in [6.07, 6.45) is 0. The molecular formula is C7H17N3O. The molecule has 0 aromatic rings. The van der Waals surface area contributed by atoms with Crippen LogP contribution < -0.4 is 16.0 Å². The highest BCUT2D eigenvalue weighted by Gasteiger charge is 1.99. The van der Waals surface area contributed by atoms with Gasteiger partial charge in [-0.3, -0.25) is 0 Å². The van der Waals surface area contributed by atoms with E-state index >= 15 is 0 Å². The first kappa shape index (κ1) is 10.2. The Morgan fingerprint density at radius 2 is 2.00 bits per heavy atom. The Bertz CT molecular complexity index is 114. The summed E-state index contributed by atoms with van der Waals surface area (Å²) in [6.45, 7) is 5.32. The summed E-state index contributed by atoms with van der Waals surface area (Å²) < 4.78 is 0. The minimum atomic E-state index is -0.102. The standard InChI is InChI=1S/C7H17N3O/c1-6(2)10-7(11)9-5-4-8-3/h6,8H,4-5H2,1-3H3,(H2,9,10,11). The minimum Gasteiger partial charge on any atom is -0.337 e. The Hall–Kier alpha value is -0.770. The Morgan fingerprint density at radius 3 is 2.45 bits per heavy atom. The number of likely N-dealkylation sites (N-methyl/N-ethyl adjacent to an activating group) is 1. The Labute approximate surface area is 67.7 Å². The van der Waals surface area contributed by atoms with Crippen LogP contribution in [0.5, 0.6) is 0 Å². The second-order valence-electron chi connectivity index (χ2n) is 2.66. The number of carbonyl (C=O) groups excluding carboxylic acids is 1. The molecule has 0 aliphatic heterocycles. The zero-order valence-electron chi connectivity index (χ0n) is 7.40. The molecule has 0 aromatic carbocycles. The molecule has 4 nitrogen and oxygen atoms in total. The van der Waals surface area contributed by atoms with Gasteiger partial charge in [0.1, 0.15) is 0 Å². The number of hydrogen-bond donors (Lipinski definition) is 3. The number of urea groups is 1. The van der Waals surface area contributed by atoms with E-state index in [-0.39, 0.29) is 12.1 Å². The molecule has 0 saturated carbocycles. The summed E-state index contributed by atoms with van der Waals surface area (Å²) in [4.78, 5) is 10.9. The predicted molar refractivity (Wildman–Crippen MR) is 45.6 cm³/mol. The molecule has 0 aliphatic carbocycles. The van der Waals surface area contributed by atoms with E-state index in [9.17, 15) is 4.79 Å². The monoisotopic (exact) mass is 159 g/mol. The molecule has 0 heterocycles. The van der Waals surface area contributed by atoms with Crippen molar-refractivity contribution in [3.05, 3.63) is 0 Å². The predicted octanol–water partition coefficient (Wildman–Crippen LogP) is -0.0866. The molecule has 0 spiro atoms. The number of amides is 2. The fourth-order valence-electron chi connectivity index (χ4n) is 0.614. The van der Waals surface area contributed by atoms with Crippen LogP contribution in [0, 0.1) is 0 Å².